The predicted octanol–water partition coefficient (Wildman–Crippen LogP) is 3.15. The van der Waals surface area contributed by atoms with Crippen molar-refractivity contribution in [2.24, 2.45) is 5.92 Å². The zero-order valence-corrected chi connectivity index (χ0v) is 15.0. The van der Waals surface area contributed by atoms with E-state index in [9.17, 15) is 4.79 Å². The molecular formula is C16H24BrClN2O2. The molecule has 1 atom stereocenters. The molecule has 0 aromatic heterocycles. The number of nitrogens with one attached hydrogen (secondary N) is 2. The van der Waals surface area contributed by atoms with Crippen molar-refractivity contribution in [3.8, 4) is 5.75 Å². The molecule has 6 heteroatoms. The number of piperidine rings is 1. The maximum absolute atomic E-state index is 11.8. The van der Waals surface area contributed by atoms with Gasteiger partial charge in [-0.3, -0.25) is 4.79 Å². The lowest BCUT2D eigenvalue weighted by Gasteiger charge is -2.22. The van der Waals surface area contributed by atoms with Crippen molar-refractivity contribution in [2.75, 3.05) is 26.2 Å². The number of halogens is 2. The fourth-order valence-electron chi connectivity index (χ4n) is 2.42. The van der Waals surface area contributed by atoms with Gasteiger partial charge in [-0.2, -0.15) is 0 Å². The van der Waals surface area contributed by atoms with Crippen molar-refractivity contribution in [1.29, 1.82) is 0 Å². The van der Waals surface area contributed by atoms with Crippen LogP contribution >= 0.6 is 28.3 Å². The molecule has 124 valence electrons. The van der Waals surface area contributed by atoms with E-state index in [4.69, 9.17) is 4.74 Å². The molecule has 2 N–H and O–H groups in total. The van der Waals surface area contributed by atoms with Gasteiger partial charge in [-0.1, -0.05) is 22.0 Å². The van der Waals surface area contributed by atoms with Crippen LogP contribution in [0, 0.1) is 5.92 Å². The van der Waals surface area contributed by atoms with E-state index in [1.807, 2.05) is 24.3 Å². The molecule has 1 amide bonds. The van der Waals surface area contributed by atoms with Crippen molar-refractivity contribution < 1.29 is 9.53 Å². The van der Waals surface area contributed by atoms with E-state index in [1.54, 1.807) is 0 Å². The third-order valence-electron chi connectivity index (χ3n) is 3.60. The normalized spacial score (nSPS) is 17.4. The Morgan fingerprint density at radius 1 is 1.45 bits per heavy atom. The Morgan fingerprint density at radius 3 is 3.05 bits per heavy atom. The minimum Gasteiger partial charge on any atom is -0.494 e. The third-order valence-corrected chi connectivity index (χ3v) is 4.09. The third kappa shape index (κ3) is 7.47. The lowest BCUT2D eigenvalue weighted by Crippen LogP contribution is -2.38. The van der Waals surface area contributed by atoms with Crippen LogP contribution in [-0.2, 0) is 4.79 Å². The Morgan fingerprint density at radius 2 is 2.32 bits per heavy atom. The first kappa shape index (κ1) is 19.3. The van der Waals surface area contributed by atoms with Crippen LogP contribution in [0.2, 0.25) is 0 Å². The molecule has 2 rings (SSSR count). The predicted molar refractivity (Wildman–Crippen MR) is 94.7 cm³/mol. The zero-order valence-electron chi connectivity index (χ0n) is 12.6. The van der Waals surface area contributed by atoms with Gasteiger partial charge in [-0.05, 0) is 56.5 Å². The first-order valence-corrected chi connectivity index (χ1v) is 8.39. The van der Waals surface area contributed by atoms with Crippen LogP contribution in [0.1, 0.15) is 25.7 Å². The fraction of sp³-hybridized carbons (Fsp3) is 0.562. The molecule has 1 aromatic carbocycles. The summed E-state index contributed by atoms with van der Waals surface area (Å²) in [5.41, 5.74) is 0. The van der Waals surface area contributed by atoms with Gasteiger partial charge in [0.15, 0.2) is 0 Å². The van der Waals surface area contributed by atoms with Crippen LogP contribution in [0.3, 0.4) is 0 Å². The molecule has 1 saturated heterocycles. The molecule has 1 heterocycles. The number of rotatable bonds is 7. The lowest BCUT2D eigenvalue weighted by molar-refractivity contribution is -0.121. The van der Waals surface area contributed by atoms with Crippen molar-refractivity contribution in [3.05, 3.63) is 28.7 Å². The Balaban J connectivity index is 0.00000242. The molecule has 0 aliphatic carbocycles. The quantitative estimate of drug-likeness (QED) is 0.702. The van der Waals surface area contributed by atoms with Gasteiger partial charge < -0.3 is 15.4 Å². The smallest absolute Gasteiger partial charge is 0.220 e. The Hall–Kier alpha value is -0.780. The van der Waals surface area contributed by atoms with Gasteiger partial charge in [-0.15, -0.1) is 12.4 Å². The summed E-state index contributed by atoms with van der Waals surface area (Å²) in [6, 6.07) is 7.74. The van der Waals surface area contributed by atoms with Crippen LogP contribution in [0.15, 0.2) is 28.7 Å². The monoisotopic (exact) mass is 390 g/mol. The Labute approximate surface area is 146 Å². The summed E-state index contributed by atoms with van der Waals surface area (Å²) in [5.74, 6) is 1.54. The minimum absolute atomic E-state index is 0. The lowest BCUT2D eigenvalue weighted by atomic mass is 10.00. The SMILES string of the molecule is Cl.O=C(CCCOc1cccc(Br)c1)NCC1CCCNC1. The standard InChI is InChI=1S/C16H23BrN2O2.ClH/c17-14-5-1-6-15(10-14)21-9-3-7-16(20)19-12-13-4-2-8-18-11-13;/h1,5-6,10,13,18H,2-4,7-9,11-12H2,(H,19,20);1H. The van der Waals surface area contributed by atoms with E-state index in [0.29, 0.717) is 18.9 Å². The van der Waals surface area contributed by atoms with Gasteiger partial charge in [0.1, 0.15) is 5.75 Å². The molecule has 0 bridgehead atoms. The number of carbonyl (C=O) groups excluding carboxylic acids is 1. The van der Waals surface area contributed by atoms with Crippen molar-refractivity contribution in [1.82, 2.24) is 10.6 Å². The first-order valence-electron chi connectivity index (χ1n) is 7.60. The highest BCUT2D eigenvalue weighted by Gasteiger charge is 2.13. The van der Waals surface area contributed by atoms with E-state index in [-0.39, 0.29) is 18.3 Å². The summed E-state index contributed by atoms with van der Waals surface area (Å²) in [4.78, 5) is 11.8. The zero-order chi connectivity index (χ0) is 14.9. The summed E-state index contributed by atoms with van der Waals surface area (Å²) < 4.78 is 6.61. The molecule has 1 aliphatic heterocycles. The van der Waals surface area contributed by atoms with Crippen LogP contribution in [0.25, 0.3) is 0 Å². The molecule has 1 fully saturated rings. The number of benzene rings is 1. The highest BCUT2D eigenvalue weighted by molar-refractivity contribution is 9.10. The number of carbonyl (C=O) groups is 1. The second kappa shape index (κ2) is 10.9. The minimum atomic E-state index is 0. The summed E-state index contributed by atoms with van der Waals surface area (Å²) >= 11 is 3.40. The van der Waals surface area contributed by atoms with E-state index >= 15 is 0 Å². The average Bonchev–Trinajstić information content (AvgIpc) is 2.51. The highest BCUT2D eigenvalue weighted by Crippen LogP contribution is 2.17. The summed E-state index contributed by atoms with van der Waals surface area (Å²) in [7, 11) is 0. The molecule has 0 spiro atoms. The van der Waals surface area contributed by atoms with Gasteiger partial charge in [0, 0.05) is 17.4 Å². The van der Waals surface area contributed by atoms with Crippen LogP contribution in [-0.4, -0.2) is 32.1 Å². The van der Waals surface area contributed by atoms with Gasteiger partial charge in [0.25, 0.3) is 0 Å². The summed E-state index contributed by atoms with van der Waals surface area (Å²) in [5, 5.41) is 6.38. The summed E-state index contributed by atoms with van der Waals surface area (Å²) in [6.45, 7) is 3.48. The molecule has 1 aromatic rings. The van der Waals surface area contributed by atoms with Crippen molar-refractivity contribution >= 4 is 34.2 Å². The number of amides is 1. The molecule has 1 aliphatic rings. The van der Waals surface area contributed by atoms with E-state index in [0.717, 1.165) is 36.3 Å². The fourth-order valence-corrected chi connectivity index (χ4v) is 2.80. The van der Waals surface area contributed by atoms with E-state index in [1.165, 1.54) is 12.8 Å². The molecule has 22 heavy (non-hydrogen) atoms. The van der Waals surface area contributed by atoms with Crippen LogP contribution < -0.4 is 15.4 Å². The number of ether oxygens (including phenoxy) is 1. The van der Waals surface area contributed by atoms with Gasteiger partial charge in [0.2, 0.25) is 5.91 Å². The summed E-state index contributed by atoms with van der Waals surface area (Å²) in [6.07, 6.45) is 3.68. The molecule has 4 nitrogen and oxygen atoms in total. The number of hydrogen-bond acceptors (Lipinski definition) is 3. The average molecular weight is 392 g/mol. The maximum atomic E-state index is 11.8. The second-order valence-corrected chi connectivity index (χ2v) is 6.34. The van der Waals surface area contributed by atoms with Gasteiger partial charge in [0.05, 0.1) is 6.61 Å². The van der Waals surface area contributed by atoms with Crippen LogP contribution in [0.5, 0.6) is 5.75 Å². The molecular weight excluding hydrogens is 368 g/mol. The van der Waals surface area contributed by atoms with Gasteiger partial charge >= 0.3 is 0 Å². The van der Waals surface area contributed by atoms with Gasteiger partial charge in [-0.25, -0.2) is 0 Å². The molecule has 0 radical (unpaired) electrons. The second-order valence-electron chi connectivity index (χ2n) is 5.43. The maximum Gasteiger partial charge on any atom is 0.220 e. The Bertz CT molecular complexity index is 454. The van der Waals surface area contributed by atoms with E-state index in [2.05, 4.69) is 26.6 Å². The van der Waals surface area contributed by atoms with Crippen molar-refractivity contribution in [2.45, 2.75) is 25.7 Å². The Kier molecular flexibility index (Phi) is 9.52. The van der Waals surface area contributed by atoms with Crippen LogP contribution in [0.4, 0.5) is 0 Å². The molecule has 1 unspecified atom stereocenters. The van der Waals surface area contributed by atoms with E-state index < -0.39 is 0 Å². The number of hydrogen-bond donors (Lipinski definition) is 2. The first-order chi connectivity index (χ1) is 10.2. The topological polar surface area (TPSA) is 50.4 Å². The highest BCUT2D eigenvalue weighted by atomic mass is 79.9. The molecule has 0 saturated carbocycles. The van der Waals surface area contributed by atoms with Crippen molar-refractivity contribution in [3.63, 3.8) is 0 Å². The largest absolute Gasteiger partial charge is 0.494 e.